The van der Waals surface area contributed by atoms with Crippen LogP contribution >= 0.6 is 0 Å². The number of rotatable bonds is 3. The maximum absolute atomic E-state index is 13.6. The summed E-state index contributed by atoms with van der Waals surface area (Å²) >= 11 is 0. The Morgan fingerprint density at radius 3 is 2.62 bits per heavy atom. The summed E-state index contributed by atoms with van der Waals surface area (Å²) in [5.74, 6) is 1.45. The Labute approximate surface area is 282 Å². The Morgan fingerprint density at radius 1 is 1.00 bits per heavy atom. The molecule has 2 aliphatic rings. The number of amides is 2. The summed E-state index contributed by atoms with van der Waals surface area (Å²) in [5.41, 5.74) is 12.9. The lowest BCUT2D eigenvalue weighted by Gasteiger charge is -2.30. The molecular weight excluding hydrogens is 600 g/mol. The van der Waals surface area contributed by atoms with Crippen LogP contribution in [0.15, 0.2) is 60.7 Å². The predicted octanol–water partition coefficient (Wildman–Crippen LogP) is 7.36. The molecule has 3 aromatic carbocycles. The lowest BCUT2D eigenvalue weighted by Crippen LogP contribution is -2.45. The van der Waals surface area contributed by atoms with Crippen molar-refractivity contribution < 1.29 is 14.3 Å². The summed E-state index contributed by atoms with van der Waals surface area (Å²) in [6, 6.07) is 20.5. The van der Waals surface area contributed by atoms with Gasteiger partial charge in [0.05, 0.1) is 18.3 Å². The SMILES string of the molecule is COc1cc(C(=O)N2CCC[C@@H](N)C2)cc2nc(-c3cc4ccc5cc4n3CCCCCCC(C)(C)C(=O)Nc3ccccc3-5)n(C)c12. The second kappa shape index (κ2) is 12.8. The third-order valence-electron chi connectivity index (χ3n) is 10.3. The normalized spacial score (nSPS) is 18.7. The van der Waals surface area contributed by atoms with Gasteiger partial charge in [0.25, 0.3) is 5.91 Å². The number of methoxy groups -OCH3 is 1. The fourth-order valence-electron chi connectivity index (χ4n) is 7.48. The van der Waals surface area contributed by atoms with Gasteiger partial charge in [0.15, 0.2) is 5.82 Å². The van der Waals surface area contributed by atoms with Crippen LogP contribution in [-0.4, -0.2) is 57.1 Å². The molecule has 1 saturated heterocycles. The highest BCUT2D eigenvalue weighted by Gasteiger charge is 2.29. The van der Waals surface area contributed by atoms with Gasteiger partial charge >= 0.3 is 0 Å². The number of piperidine rings is 1. The van der Waals surface area contributed by atoms with Gasteiger partial charge in [0.1, 0.15) is 11.3 Å². The van der Waals surface area contributed by atoms with E-state index in [9.17, 15) is 9.59 Å². The van der Waals surface area contributed by atoms with Crippen LogP contribution < -0.4 is 15.8 Å². The van der Waals surface area contributed by atoms with Crippen molar-refractivity contribution in [1.29, 1.82) is 0 Å². The van der Waals surface area contributed by atoms with Crippen molar-refractivity contribution >= 4 is 39.4 Å². The minimum atomic E-state index is -0.456. The molecule has 1 fully saturated rings. The Balaban J connectivity index is 1.34. The second-order valence-electron chi connectivity index (χ2n) is 14.2. The number of carbonyl (C=O) groups is 2. The van der Waals surface area contributed by atoms with Gasteiger partial charge in [0, 0.05) is 65.9 Å². The van der Waals surface area contributed by atoms with E-state index in [1.165, 1.54) is 0 Å². The number of nitrogens with two attached hydrogens (primary N) is 1. The minimum absolute atomic E-state index is 0.00331. The Kier molecular flexibility index (Phi) is 8.50. The number of nitrogens with zero attached hydrogens (tertiary/aromatic N) is 4. The van der Waals surface area contributed by atoms with E-state index >= 15 is 0 Å². The number of aromatic nitrogens is 3. The van der Waals surface area contributed by atoms with Gasteiger partial charge in [-0.15, -0.1) is 0 Å². The fraction of sp³-hybridized carbons (Fsp3) is 0.410. The van der Waals surface area contributed by atoms with Gasteiger partial charge in [-0.25, -0.2) is 4.98 Å². The van der Waals surface area contributed by atoms with Crippen molar-refractivity contribution in [3.63, 3.8) is 0 Å². The Bertz CT molecular complexity index is 2020. The first kappa shape index (κ1) is 31.9. The van der Waals surface area contributed by atoms with Crippen molar-refractivity contribution in [3.05, 3.63) is 66.2 Å². The summed E-state index contributed by atoms with van der Waals surface area (Å²) in [7, 11) is 3.66. The number of nitrogens with one attached hydrogen (secondary N) is 1. The van der Waals surface area contributed by atoms with E-state index < -0.39 is 5.41 Å². The lowest BCUT2D eigenvalue weighted by molar-refractivity contribution is -0.124. The largest absolute Gasteiger partial charge is 0.494 e. The average molecular weight is 647 g/mol. The van der Waals surface area contributed by atoms with Crippen LogP contribution in [0.3, 0.4) is 0 Å². The zero-order valence-electron chi connectivity index (χ0n) is 28.5. The molecule has 4 heterocycles. The predicted molar refractivity (Wildman–Crippen MR) is 192 cm³/mol. The summed E-state index contributed by atoms with van der Waals surface area (Å²) in [5, 5.41) is 4.37. The van der Waals surface area contributed by atoms with Crippen molar-refractivity contribution in [1.82, 2.24) is 19.0 Å². The topological polar surface area (TPSA) is 107 Å². The molecule has 0 radical (unpaired) electrons. The average Bonchev–Trinajstić information content (AvgIpc) is 3.61. The first-order valence-corrected chi connectivity index (χ1v) is 17.3. The van der Waals surface area contributed by atoms with E-state index in [2.05, 4.69) is 44.8 Å². The molecule has 250 valence electrons. The van der Waals surface area contributed by atoms with E-state index in [1.54, 1.807) is 7.11 Å². The van der Waals surface area contributed by atoms with Gasteiger partial charge in [-0.05, 0) is 61.6 Å². The van der Waals surface area contributed by atoms with Crippen LogP contribution in [0.25, 0.3) is 44.6 Å². The maximum Gasteiger partial charge on any atom is 0.254 e. The van der Waals surface area contributed by atoms with Crippen molar-refractivity contribution in [3.8, 4) is 28.4 Å². The number of fused-ring (bicyclic) bond motifs is 4. The van der Waals surface area contributed by atoms with Crippen LogP contribution in [0.4, 0.5) is 5.69 Å². The number of hydrogen-bond donors (Lipinski definition) is 2. The van der Waals surface area contributed by atoms with Crippen LogP contribution in [0.5, 0.6) is 5.75 Å². The zero-order chi connectivity index (χ0) is 33.6. The van der Waals surface area contributed by atoms with E-state index in [4.69, 9.17) is 15.5 Å². The number of benzene rings is 3. The molecule has 2 aromatic heterocycles. The van der Waals surface area contributed by atoms with Gasteiger partial charge < -0.3 is 29.8 Å². The van der Waals surface area contributed by atoms with Gasteiger partial charge in [0.2, 0.25) is 5.91 Å². The summed E-state index contributed by atoms with van der Waals surface area (Å²) in [6.45, 7) is 6.19. The number of hydrogen-bond acceptors (Lipinski definition) is 5. The van der Waals surface area contributed by atoms with Crippen LogP contribution in [0, 0.1) is 5.41 Å². The first-order valence-electron chi connectivity index (χ1n) is 17.3. The smallest absolute Gasteiger partial charge is 0.254 e. The number of imidazole rings is 1. The molecule has 2 bridgehead atoms. The molecule has 0 saturated carbocycles. The number of para-hydroxylation sites is 1. The van der Waals surface area contributed by atoms with E-state index in [0.29, 0.717) is 24.4 Å². The highest BCUT2D eigenvalue weighted by molar-refractivity contribution is 6.01. The molecule has 0 aliphatic carbocycles. The number of ether oxygens (including phenoxy) is 1. The highest BCUT2D eigenvalue weighted by atomic mass is 16.5. The molecule has 0 unspecified atom stereocenters. The van der Waals surface area contributed by atoms with Gasteiger partial charge in [-0.1, -0.05) is 63.4 Å². The van der Waals surface area contributed by atoms with Gasteiger partial charge in [-0.3, -0.25) is 9.59 Å². The quantitative estimate of drug-likeness (QED) is 0.213. The molecule has 2 aliphatic heterocycles. The molecule has 2 amide bonds. The molecule has 48 heavy (non-hydrogen) atoms. The Hall–Kier alpha value is -4.63. The van der Waals surface area contributed by atoms with Gasteiger partial charge in [-0.2, -0.15) is 0 Å². The number of likely N-dealkylation sites (tertiary alicyclic amines) is 1. The monoisotopic (exact) mass is 646 g/mol. The van der Waals surface area contributed by atoms with Crippen molar-refractivity contribution in [2.75, 3.05) is 25.5 Å². The summed E-state index contributed by atoms with van der Waals surface area (Å²) < 4.78 is 10.3. The second-order valence-corrected chi connectivity index (χ2v) is 14.2. The third kappa shape index (κ3) is 5.85. The van der Waals surface area contributed by atoms with E-state index in [1.807, 2.05) is 56.1 Å². The van der Waals surface area contributed by atoms with E-state index in [0.717, 1.165) is 102 Å². The van der Waals surface area contributed by atoms with Crippen molar-refractivity contribution in [2.24, 2.45) is 18.2 Å². The molecule has 5 aromatic rings. The van der Waals surface area contributed by atoms with Crippen LogP contribution in [0.1, 0.15) is 69.2 Å². The van der Waals surface area contributed by atoms with Crippen molar-refractivity contribution in [2.45, 2.75) is 71.4 Å². The van der Waals surface area contributed by atoms with Crippen LogP contribution in [-0.2, 0) is 18.4 Å². The maximum atomic E-state index is 13.6. The molecule has 0 spiro atoms. The Morgan fingerprint density at radius 2 is 1.81 bits per heavy atom. The molecule has 7 rings (SSSR count). The number of carbonyl (C=O) groups excluding carboxylic acids is 2. The lowest BCUT2D eigenvalue weighted by atomic mass is 9.85. The molecule has 3 N–H and O–H groups in total. The highest BCUT2D eigenvalue weighted by Crippen LogP contribution is 2.38. The summed E-state index contributed by atoms with van der Waals surface area (Å²) in [4.78, 5) is 34.0. The molecular formula is C39H46N6O3. The number of anilines is 1. The van der Waals surface area contributed by atoms with E-state index in [-0.39, 0.29) is 17.9 Å². The first-order chi connectivity index (χ1) is 23.1. The molecule has 9 heteroatoms. The number of aryl methyl sites for hydroxylation is 2. The minimum Gasteiger partial charge on any atom is -0.494 e. The fourth-order valence-corrected chi connectivity index (χ4v) is 7.48. The van der Waals surface area contributed by atoms with Crippen LogP contribution in [0.2, 0.25) is 0 Å². The third-order valence-corrected chi connectivity index (χ3v) is 10.3. The zero-order valence-corrected chi connectivity index (χ0v) is 28.5. The summed E-state index contributed by atoms with van der Waals surface area (Å²) in [6.07, 6.45) is 6.82. The standard InChI is InChI=1S/C39H46N6O3/c1-39(2)17-9-5-6-10-19-45-32-21-25(29-13-7-8-14-30(29)42-38(39)47)15-16-26(32)22-33(45)36-41-31-20-27(23-34(48-4)35(31)43(36)3)37(46)44-18-11-12-28(40)24-44/h7-8,13-16,20-23,28H,5-6,9-12,17-19,24,40H2,1-4H3,(H,42,47)/t28-/m1/s1. The molecule has 1 atom stereocenters. The molecule has 9 nitrogen and oxygen atoms in total.